The first kappa shape index (κ1) is 27.4. The summed E-state index contributed by atoms with van der Waals surface area (Å²) in [5, 5.41) is 7.19. The van der Waals surface area contributed by atoms with E-state index in [0.29, 0.717) is 70.2 Å². The van der Waals surface area contributed by atoms with Gasteiger partial charge in [-0.2, -0.15) is 0 Å². The van der Waals surface area contributed by atoms with Crippen LogP contribution in [0.2, 0.25) is 10.0 Å². The molecular weight excluding hydrogens is 569 g/mol. The summed E-state index contributed by atoms with van der Waals surface area (Å²) in [6.45, 7) is 1.57. The number of aromatic nitrogens is 2. The van der Waals surface area contributed by atoms with Crippen molar-refractivity contribution < 1.29 is 13.6 Å². The summed E-state index contributed by atoms with van der Waals surface area (Å²) >= 11 is 12.8. The number of likely N-dealkylation sites (tertiary alicyclic amines) is 1. The molecule has 7 nitrogen and oxygen atoms in total. The fourth-order valence-electron chi connectivity index (χ4n) is 5.39. The number of rotatable bonds is 5. The van der Waals surface area contributed by atoms with Crippen molar-refractivity contribution in [2.45, 2.75) is 18.9 Å². The number of para-hydroxylation sites is 1. The van der Waals surface area contributed by atoms with Gasteiger partial charge in [0.1, 0.15) is 17.3 Å². The number of amides is 1. The van der Waals surface area contributed by atoms with Gasteiger partial charge in [0.05, 0.1) is 22.0 Å². The lowest BCUT2D eigenvalue weighted by molar-refractivity contribution is 0.0790. The number of benzene rings is 3. The van der Waals surface area contributed by atoms with Gasteiger partial charge in [0.15, 0.2) is 0 Å². The van der Waals surface area contributed by atoms with E-state index in [1.54, 1.807) is 52.4 Å². The van der Waals surface area contributed by atoms with Crippen molar-refractivity contribution in [3.63, 3.8) is 0 Å². The van der Waals surface area contributed by atoms with Crippen LogP contribution in [0.5, 0.6) is 0 Å². The molecule has 0 spiro atoms. The molecule has 1 amide bonds. The average Bonchev–Trinajstić information content (AvgIpc) is 3.39. The molecule has 4 aromatic rings. The average molecular weight is 595 g/mol. The van der Waals surface area contributed by atoms with Gasteiger partial charge in [-0.25, -0.2) is 18.7 Å². The minimum absolute atomic E-state index is 0.134. The van der Waals surface area contributed by atoms with Crippen molar-refractivity contribution >= 4 is 52.1 Å². The largest absolute Gasteiger partial charge is 0.337 e. The van der Waals surface area contributed by atoms with Crippen LogP contribution in [0.4, 0.5) is 31.8 Å². The van der Waals surface area contributed by atoms with Crippen molar-refractivity contribution in [3.8, 4) is 11.3 Å². The van der Waals surface area contributed by atoms with Crippen molar-refractivity contribution in [3.05, 3.63) is 93.6 Å². The summed E-state index contributed by atoms with van der Waals surface area (Å²) in [7, 11) is 1.89. The van der Waals surface area contributed by atoms with E-state index >= 15 is 0 Å². The highest BCUT2D eigenvalue weighted by Crippen LogP contribution is 2.42. The Labute approximate surface area is 246 Å². The number of carbonyl (C=O) groups excluding carboxylic acids is 1. The monoisotopic (exact) mass is 594 g/mol. The van der Waals surface area contributed by atoms with Crippen LogP contribution in [0, 0.1) is 11.6 Å². The van der Waals surface area contributed by atoms with E-state index in [1.807, 2.05) is 7.05 Å². The Morgan fingerprint density at radius 1 is 1.05 bits per heavy atom. The first-order valence-electron chi connectivity index (χ1n) is 13.2. The summed E-state index contributed by atoms with van der Waals surface area (Å²) < 4.78 is 29.7. The summed E-state index contributed by atoms with van der Waals surface area (Å²) in [6.07, 6.45) is 3.03. The van der Waals surface area contributed by atoms with E-state index in [2.05, 4.69) is 15.6 Å². The summed E-state index contributed by atoms with van der Waals surface area (Å²) in [5.41, 5.74) is 3.48. The molecule has 3 aromatic carbocycles. The highest BCUT2D eigenvalue weighted by Gasteiger charge is 2.28. The smallest absolute Gasteiger partial charge is 0.255 e. The number of nitrogens with one attached hydrogen (secondary N) is 2. The molecule has 0 saturated carbocycles. The number of anilines is 4. The molecule has 1 atom stereocenters. The Morgan fingerprint density at radius 3 is 2.61 bits per heavy atom. The first-order valence-corrected chi connectivity index (χ1v) is 14.0. The zero-order valence-electron chi connectivity index (χ0n) is 22.1. The van der Waals surface area contributed by atoms with Crippen LogP contribution >= 0.6 is 23.2 Å². The van der Waals surface area contributed by atoms with Gasteiger partial charge in [-0.15, -0.1) is 0 Å². The Kier molecular flexibility index (Phi) is 7.50. The summed E-state index contributed by atoms with van der Waals surface area (Å²) in [4.78, 5) is 25.9. The van der Waals surface area contributed by atoms with Gasteiger partial charge >= 0.3 is 0 Å². The third-order valence-corrected chi connectivity index (χ3v) is 8.08. The number of fused-ring (bicyclic) bond motifs is 3. The SMILES string of the molecule is CNC1CCN(C(=O)c2cc(Nc3ncc4c(n3)-c3ccc(Cl)cc3N(c3c(F)cccc3F)CC4)ccc2Cl)C1. The molecule has 1 fully saturated rings. The standard InChI is InChI=1S/C30H26Cl2F2N6O/c1-35-20-10-11-39(16-20)29(41)22-14-19(6-8-23(22)32)37-30-36-15-17-9-12-40(28-24(33)3-2-4-25(28)34)26-13-18(31)5-7-21(26)27(17)38-30/h2-8,13-15,20,35H,9-12,16H2,1H3,(H,36,37,38). The molecule has 2 aliphatic heterocycles. The van der Waals surface area contributed by atoms with Gasteiger partial charge < -0.3 is 20.4 Å². The molecule has 2 N–H and O–H groups in total. The molecule has 0 bridgehead atoms. The highest BCUT2D eigenvalue weighted by atomic mass is 35.5. The fourth-order valence-corrected chi connectivity index (χ4v) is 5.75. The Balaban J connectivity index is 1.34. The maximum absolute atomic E-state index is 14.9. The van der Waals surface area contributed by atoms with Gasteiger partial charge in [0, 0.05) is 48.1 Å². The Hall–Kier alpha value is -3.79. The van der Waals surface area contributed by atoms with E-state index in [9.17, 15) is 13.6 Å². The Morgan fingerprint density at radius 2 is 1.85 bits per heavy atom. The number of nitrogens with zero attached hydrogens (tertiary/aromatic N) is 4. The van der Waals surface area contributed by atoms with Gasteiger partial charge in [-0.05, 0) is 74.0 Å². The van der Waals surface area contributed by atoms with E-state index in [4.69, 9.17) is 28.2 Å². The third-order valence-electron chi connectivity index (χ3n) is 7.52. The van der Waals surface area contributed by atoms with E-state index in [1.165, 1.54) is 18.2 Å². The van der Waals surface area contributed by atoms with E-state index in [0.717, 1.165) is 12.0 Å². The molecule has 1 unspecified atom stereocenters. The number of likely N-dealkylation sites (N-methyl/N-ethyl adjacent to an activating group) is 1. The maximum atomic E-state index is 14.9. The van der Waals surface area contributed by atoms with Crippen molar-refractivity contribution in [2.75, 3.05) is 36.9 Å². The second kappa shape index (κ2) is 11.2. The molecule has 3 heterocycles. The second-order valence-electron chi connectivity index (χ2n) is 10.0. The van der Waals surface area contributed by atoms with Crippen molar-refractivity contribution in [1.82, 2.24) is 20.2 Å². The minimum Gasteiger partial charge on any atom is -0.337 e. The lowest BCUT2D eigenvalue weighted by Gasteiger charge is -2.26. The van der Waals surface area contributed by atoms with Gasteiger partial charge in [0.2, 0.25) is 5.95 Å². The quantitative estimate of drug-likeness (QED) is 0.271. The van der Waals surface area contributed by atoms with E-state index in [-0.39, 0.29) is 17.6 Å². The number of halogens is 4. The molecule has 6 rings (SSSR count). The first-order chi connectivity index (χ1) is 19.8. The number of hydrogen-bond donors (Lipinski definition) is 2. The molecule has 210 valence electrons. The maximum Gasteiger partial charge on any atom is 0.255 e. The zero-order valence-corrected chi connectivity index (χ0v) is 23.6. The van der Waals surface area contributed by atoms with Crippen LogP contribution in [-0.4, -0.2) is 53.5 Å². The minimum atomic E-state index is -0.668. The predicted octanol–water partition coefficient (Wildman–Crippen LogP) is 6.60. The third kappa shape index (κ3) is 5.32. The molecule has 0 aliphatic carbocycles. The van der Waals surface area contributed by atoms with Crippen LogP contribution in [0.1, 0.15) is 22.3 Å². The van der Waals surface area contributed by atoms with Crippen molar-refractivity contribution in [2.24, 2.45) is 0 Å². The normalized spacial score (nSPS) is 16.3. The topological polar surface area (TPSA) is 73.4 Å². The molecule has 0 radical (unpaired) electrons. The van der Waals surface area contributed by atoms with E-state index < -0.39 is 11.6 Å². The van der Waals surface area contributed by atoms with Crippen LogP contribution in [0.25, 0.3) is 11.3 Å². The molecule has 2 aliphatic rings. The zero-order chi connectivity index (χ0) is 28.7. The molecule has 1 saturated heterocycles. The van der Waals surface area contributed by atoms with Crippen LogP contribution in [-0.2, 0) is 6.42 Å². The molecule has 11 heteroatoms. The van der Waals surface area contributed by atoms with Crippen LogP contribution in [0.15, 0.2) is 60.8 Å². The fraction of sp³-hybridized carbons (Fsp3) is 0.233. The summed E-state index contributed by atoms with van der Waals surface area (Å²) in [6, 6.07) is 14.4. The molecular formula is C30H26Cl2F2N6O. The number of carbonyl (C=O) groups is 1. The molecule has 41 heavy (non-hydrogen) atoms. The summed E-state index contributed by atoms with van der Waals surface area (Å²) in [5.74, 6) is -1.17. The Bertz CT molecular complexity index is 1630. The van der Waals surface area contributed by atoms with Crippen LogP contribution in [0.3, 0.4) is 0 Å². The van der Waals surface area contributed by atoms with Gasteiger partial charge in [-0.3, -0.25) is 4.79 Å². The van der Waals surface area contributed by atoms with Gasteiger partial charge in [0.25, 0.3) is 5.91 Å². The van der Waals surface area contributed by atoms with Crippen LogP contribution < -0.4 is 15.5 Å². The lowest BCUT2D eigenvalue weighted by Crippen LogP contribution is -2.33. The molecule has 1 aromatic heterocycles. The number of hydrogen-bond acceptors (Lipinski definition) is 6. The van der Waals surface area contributed by atoms with Crippen molar-refractivity contribution in [1.29, 1.82) is 0 Å². The predicted molar refractivity (Wildman–Crippen MR) is 158 cm³/mol. The lowest BCUT2D eigenvalue weighted by atomic mass is 10.0. The second-order valence-corrected chi connectivity index (χ2v) is 10.9. The van der Waals surface area contributed by atoms with Gasteiger partial charge in [-0.1, -0.05) is 29.3 Å². The highest BCUT2D eigenvalue weighted by molar-refractivity contribution is 6.34.